The molecule has 0 spiro atoms. The lowest BCUT2D eigenvalue weighted by Gasteiger charge is -2.42. The average molecular weight is 276 g/mol. The number of nitrogens with two attached hydrogens (primary N) is 1. The van der Waals surface area contributed by atoms with Gasteiger partial charge in [0.05, 0.1) is 6.42 Å². The number of rotatable bonds is 7. The van der Waals surface area contributed by atoms with Crippen LogP contribution in [0.1, 0.15) is 31.2 Å². The van der Waals surface area contributed by atoms with Gasteiger partial charge in [-0.25, -0.2) is 0 Å². The van der Waals surface area contributed by atoms with E-state index in [0.29, 0.717) is 6.42 Å². The van der Waals surface area contributed by atoms with Crippen molar-refractivity contribution in [1.29, 1.82) is 0 Å². The van der Waals surface area contributed by atoms with Gasteiger partial charge in [-0.2, -0.15) is 0 Å². The number of benzene rings is 1. The lowest BCUT2D eigenvalue weighted by atomic mass is 9.66. The van der Waals surface area contributed by atoms with Crippen molar-refractivity contribution in [2.45, 2.75) is 32.1 Å². The second-order valence-electron chi connectivity index (χ2n) is 5.79. The number of methoxy groups -OCH3 is 1. The smallest absolute Gasteiger partial charge is 0.224 e. The maximum atomic E-state index is 12.0. The second kappa shape index (κ2) is 6.75. The van der Waals surface area contributed by atoms with E-state index in [0.717, 1.165) is 30.8 Å². The topological polar surface area (TPSA) is 64.3 Å². The quantitative estimate of drug-likeness (QED) is 0.750. The van der Waals surface area contributed by atoms with E-state index in [1.54, 1.807) is 7.11 Å². The number of nitrogens with one attached hydrogen (secondary N) is 1. The van der Waals surface area contributed by atoms with Gasteiger partial charge < -0.3 is 15.8 Å². The Labute approximate surface area is 120 Å². The van der Waals surface area contributed by atoms with Crippen LogP contribution in [-0.4, -0.2) is 26.2 Å². The standard InChI is InChI=1S/C16H24N2O2/c1-20-10-9-16(7-2-8-16)12-18-15(19)11-13-3-5-14(17)6-4-13/h3-6H,2,7-12,17H2,1H3,(H,18,19). The summed E-state index contributed by atoms with van der Waals surface area (Å²) >= 11 is 0. The van der Waals surface area contributed by atoms with Gasteiger partial charge in [0.2, 0.25) is 5.91 Å². The third-order valence-corrected chi connectivity index (χ3v) is 4.26. The maximum Gasteiger partial charge on any atom is 0.224 e. The molecule has 0 radical (unpaired) electrons. The molecule has 4 heteroatoms. The number of ether oxygens (including phenoxy) is 1. The number of amides is 1. The molecule has 1 fully saturated rings. The first kappa shape index (κ1) is 14.9. The Bertz CT molecular complexity index is 438. The van der Waals surface area contributed by atoms with Crippen molar-refractivity contribution < 1.29 is 9.53 Å². The van der Waals surface area contributed by atoms with Gasteiger partial charge in [-0.1, -0.05) is 18.6 Å². The van der Waals surface area contributed by atoms with E-state index in [9.17, 15) is 4.79 Å². The Hall–Kier alpha value is -1.55. The average Bonchev–Trinajstić information content (AvgIpc) is 2.40. The Balaban J connectivity index is 1.78. The maximum absolute atomic E-state index is 12.0. The Morgan fingerprint density at radius 3 is 2.60 bits per heavy atom. The zero-order valence-electron chi connectivity index (χ0n) is 12.2. The minimum atomic E-state index is 0.0819. The molecule has 1 aliphatic rings. The molecule has 1 amide bonds. The highest BCUT2D eigenvalue weighted by molar-refractivity contribution is 5.78. The molecule has 3 N–H and O–H groups in total. The van der Waals surface area contributed by atoms with Crippen LogP contribution in [0, 0.1) is 5.41 Å². The molecule has 110 valence electrons. The van der Waals surface area contributed by atoms with Gasteiger partial charge in [-0.15, -0.1) is 0 Å². The van der Waals surface area contributed by atoms with Gasteiger partial charge in [0.25, 0.3) is 0 Å². The van der Waals surface area contributed by atoms with Crippen LogP contribution < -0.4 is 11.1 Å². The summed E-state index contributed by atoms with van der Waals surface area (Å²) in [6.45, 7) is 1.54. The van der Waals surface area contributed by atoms with Crippen molar-refractivity contribution in [2.75, 3.05) is 26.0 Å². The van der Waals surface area contributed by atoms with Gasteiger partial charge in [0.1, 0.15) is 0 Å². The van der Waals surface area contributed by atoms with Crippen LogP contribution in [0.2, 0.25) is 0 Å². The molecule has 0 atom stereocenters. The van der Waals surface area contributed by atoms with E-state index in [4.69, 9.17) is 10.5 Å². The minimum absolute atomic E-state index is 0.0819. The van der Waals surface area contributed by atoms with Crippen molar-refractivity contribution in [3.8, 4) is 0 Å². The number of nitrogen functional groups attached to an aromatic ring is 1. The first-order valence-electron chi connectivity index (χ1n) is 7.24. The fraction of sp³-hybridized carbons (Fsp3) is 0.562. The monoisotopic (exact) mass is 276 g/mol. The molecule has 1 saturated carbocycles. The number of hydrogen-bond donors (Lipinski definition) is 2. The number of carbonyl (C=O) groups is 1. The third-order valence-electron chi connectivity index (χ3n) is 4.26. The largest absolute Gasteiger partial charge is 0.399 e. The van der Waals surface area contributed by atoms with Crippen molar-refractivity contribution in [3.05, 3.63) is 29.8 Å². The van der Waals surface area contributed by atoms with E-state index in [2.05, 4.69) is 5.32 Å². The molecule has 0 unspecified atom stereocenters. The SMILES string of the molecule is COCCC1(CNC(=O)Cc2ccc(N)cc2)CCC1. The third kappa shape index (κ3) is 3.97. The van der Waals surface area contributed by atoms with E-state index < -0.39 is 0 Å². The van der Waals surface area contributed by atoms with Crippen LogP contribution in [-0.2, 0) is 16.0 Å². The van der Waals surface area contributed by atoms with E-state index >= 15 is 0 Å². The fourth-order valence-electron chi connectivity index (χ4n) is 2.68. The van der Waals surface area contributed by atoms with E-state index in [1.165, 1.54) is 19.3 Å². The Morgan fingerprint density at radius 1 is 1.35 bits per heavy atom. The molecule has 20 heavy (non-hydrogen) atoms. The normalized spacial score (nSPS) is 16.4. The molecule has 1 aromatic rings. The van der Waals surface area contributed by atoms with Crippen LogP contribution in [0.25, 0.3) is 0 Å². The van der Waals surface area contributed by atoms with E-state index in [1.807, 2.05) is 24.3 Å². The Kier molecular flexibility index (Phi) is 5.01. The fourth-order valence-corrected chi connectivity index (χ4v) is 2.68. The molecular weight excluding hydrogens is 252 g/mol. The first-order valence-corrected chi connectivity index (χ1v) is 7.24. The van der Waals surface area contributed by atoms with Crippen molar-refractivity contribution in [2.24, 2.45) is 5.41 Å². The predicted octanol–water partition coefficient (Wildman–Crippen LogP) is 2.13. The molecule has 4 nitrogen and oxygen atoms in total. The molecule has 0 saturated heterocycles. The van der Waals surface area contributed by atoms with Crippen molar-refractivity contribution in [1.82, 2.24) is 5.32 Å². The molecule has 1 aromatic carbocycles. The lowest BCUT2D eigenvalue weighted by molar-refractivity contribution is -0.121. The zero-order valence-corrected chi connectivity index (χ0v) is 12.2. The molecule has 0 aromatic heterocycles. The molecule has 1 aliphatic carbocycles. The highest BCUT2D eigenvalue weighted by Crippen LogP contribution is 2.43. The van der Waals surface area contributed by atoms with Crippen molar-refractivity contribution >= 4 is 11.6 Å². The van der Waals surface area contributed by atoms with Crippen molar-refractivity contribution in [3.63, 3.8) is 0 Å². The lowest BCUT2D eigenvalue weighted by Crippen LogP contribution is -2.43. The summed E-state index contributed by atoms with van der Waals surface area (Å²) in [4.78, 5) is 12.0. The molecule has 2 rings (SSSR count). The summed E-state index contributed by atoms with van der Waals surface area (Å²) in [6.07, 6.45) is 5.10. The molecule has 0 bridgehead atoms. The number of hydrogen-bond acceptors (Lipinski definition) is 3. The molecule has 0 heterocycles. The summed E-state index contributed by atoms with van der Waals surface area (Å²) in [5.74, 6) is 0.0819. The predicted molar refractivity (Wildman–Crippen MR) is 80.3 cm³/mol. The molecular formula is C16H24N2O2. The van der Waals surface area contributed by atoms with Crippen LogP contribution >= 0.6 is 0 Å². The molecule has 0 aliphatic heterocycles. The number of carbonyl (C=O) groups excluding carboxylic acids is 1. The van der Waals surface area contributed by atoms with Crippen LogP contribution in [0.3, 0.4) is 0 Å². The first-order chi connectivity index (χ1) is 9.63. The zero-order chi connectivity index (χ0) is 14.4. The van der Waals surface area contributed by atoms with Gasteiger partial charge in [0.15, 0.2) is 0 Å². The highest BCUT2D eigenvalue weighted by Gasteiger charge is 2.36. The van der Waals surface area contributed by atoms with E-state index in [-0.39, 0.29) is 11.3 Å². The van der Waals surface area contributed by atoms with Crippen LogP contribution in [0.15, 0.2) is 24.3 Å². The van der Waals surface area contributed by atoms with Gasteiger partial charge in [-0.3, -0.25) is 4.79 Å². The van der Waals surface area contributed by atoms with Crippen LogP contribution in [0.4, 0.5) is 5.69 Å². The van der Waals surface area contributed by atoms with Gasteiger partial charge in [0, 0.05) is 25.9 Å². The van der Waals surface area contributed by atoms with Gasteiger partial charge in [-0.05, 0) is 42.4 Å². The second-order valence-corrected chi connectivity index (χ2v) is 5.79. The number of anilines is 1. The minimum Gasteiger partial charge on any atom is -0.399 e. The summed E-state index contributed by atoms with van der Waals surface area (Å²) in [7, 11) is 1.73. The summed E-state index contributed by atoms with van der Waals surface area (Å²) in [5, 5.41) is 3.07. The summed E-state index contributed by atoms with van der Waals surface area (Å²) in [6, 6.07) is 7.46. The highest BCUT2D eigenvalue weighted by atomic mass is 16.5. The van der Waals surface area contributed by atoms with Gasteiger partial charge >= 0.3 is 0 Å². The summed E-state index contributed by atoms with van der Waals surface area (Å²) < 4.78 is 5.16. The van der Waals surface area contributed by atoms with Crippen LogP contribution in [0.5, 0.6) is 0 Å². The Morgan fingerprint density at radius 2 is 2.05 bits per heavy atom. The summed E-state index contributed by atoms with van der Waals surface area (Å²) in [5.41, 5.74) is 7.62.